The molecule has 0 fully saturated rings. The molecule has 1 heterocycles. The molecule has 0 saturated heterocycles. The van der Waals surface area contributed by atoms with Crippen molar-refractivity contribution in [2.24, 2.45) is 7.05 Å². The second-order valence-corrected chi connectivity index (χ2v) is 4.34. The number of aryl methyl sites for hydroxylation is 1. The van der Waals surface area contributed by atoms with Gasteiger partial charge in [0, 0.05) is 26.6 Å². The minimum absolute atomic E-state index is 0.703. The highest BCUT2D eigenvalue weighted by Gasteiger charge is 1.99. The third kappa shape index (κ3) is 4.37. The third-order valence-electron chi connectivity index (χ3n) is 2.74. The van der Waals surface area contributed by atoms with Crippen molar-refractivity contribution in [1.29, 1.82) is 0 Å². The molecular formula is C14H20N4O. The van der Waals surface area contributed by atoms with Gasteiger partial charge in [-0.15, -0.1) is 0 Å². The zero-order valence-electron chi connectivity index (χ0n) is 11.5. The number of aromatic nitrogens is 3. The first kappa shape index (κ1) is 13.5. The second-order valence-electron chi connectivity index (χ2n) is 4.34. The maximum atomic E-state index is 5.41. The molecule has 2 rings (SSSR count). The Balaban J connectivity index is 1.70. The van der Waals surface area contributed by atoms with E-state index in [4.69, 9.17) is 4.74 Å². The fourth-order valence-electron chi connectivity index (χ4n) is 1.80. The molecule has 5 heteroatoms. The molecule has 0 atom stereocenters. The summed E-state index contributed by atoms with van der Waals surface area (Å²) in [4.78, 5) is 4.19. The minimum Gasteiger partial charge on any atom is -0.494 e. The molecule has 1 N–H and O–H groups in total. The molecule has 0 aliphatic carbocycles. The summed E-state index contributed by atoms with van der Waals surface area (Å²) < 4.78 is 7.13. The van der Waals surface area contributed by atoms with Crippen LogP contribution in [-0.4, -0.2) is 27.9 Å². The summed E-state index contributed by atoms with van der Waals surface area (Å²) in [7, 11) is 1.88. The van der Waals surface area contributed by atoms with Gasteiger partial charge in [-0.25, -0.2) is 4.98 Å². The molecule has 19 heavy (non-hydrogen) atoms. The van der Waals surface area contributed by atoms with Crippen molar-refractivity contribution < 1.29 is 4.74 Å². The Morgan fingerprint density at radius 2 is 2.05 bits per heavy atom. The molecule has 0 aliphatic rings. The van der Waals surface area contributed by atoms with Crippen LogP contribution in [0.5, 0.6) is 5.75 Å². The number of rotatable bonds is 7. The Bertz CT molecular complexity index is 492. The maximum Gasteiger partial charge on any atom is 0.151 e. The molecule has 102 valence electrons. The Morgan fingerprint density at radius 3 is 2.68 bits per heavy atom. The molecule has 0 saturated carbocycles. The van der Waals surface area contributed by atoms with Gasteiger partial charge in [0.15, 0.2) is 5.82 Å². The quantitative estimate of drug-likeness (QED) is 0.767. The first-order valence-electron chi connectivity index (χ1n) is 6.55. The van der Waals surface area contributed by atoms with E-state index in [1.807, 2.05) is 26.1 Å². The molecule has 0 bridgehead atoms. The molecule has 5 nitrogen and oxygen atoms in total. The van der Waals surface area contributed by atoms with Crippen molar-refractivity contribution in [3.63, 3.8) is 0 Å². The lowest BCUT2D eigenvalue weighted by Crippen LogP contribution is -2.17. The van der Waals surface area contributed by atoms with Crippen LogP contribution in [0.15, 0.2) is 30.6 Å². The van der Waals surface area contributed by atoms with Crippen LogP contribution in [0, 0.1) is 0 Å². The Morgan fingerprint density at radius 1 is 1.26 bits per heavy atom. The number of ether oxygens (including phenoxy) is 1. The molecular weight excluding hydrogens is 240 g/mol. The number of benzene rings is 1. The molecule has 2 aromatic rings. The molecule has 0 aliphatic heterocycles. The van der Waals surface area contributed by atoms with Crippen LogP contribution in [0.2, 0.25) is 0 Å². The Kier molecular flexibility index (Phi) is 4.92. The lowest BCUT2D eigenvalue weighted by molar-refractivity contribution is 0.340. The summed E-state index contributed by atoms with van der Waals surface area (Å²) in [6.45, 7) is 4.41. The number of nitrogens with one attached hydrogen (secondary N) is 1. The SMILES string of the molecule is CCOc1ccc(CNCCc2ncn(C)n2)cc1. The van der Waals surface area contributed by atoms with Gasteiger partial charge in [-0.2, -0.15) is 5.10 Å². The van der Waals surface area contributed by atoms with E-state index in [-0.39, 0.29) is 0 Å². The summed E-state index contributed by atoms with van der Waals surface area (Å²) in [5, 5.41) is 7.62. The molecule has 0 amide bonds. The number of hydrogen-bond donors (Lipinski definition) is 1. The van der Waals surface area contributed by atoms with Gasteiger partial charge in [0.1, 0.15) is 12.1 Å². The summed E-state index contributed by atoms with van der Waals surface area (Å²) in [6, 6.07) is 8.16. The standard InChI is InChI=1S/C14H20N4O/c1-3-19-13-6-4-12(5-7-13)10-15-9-8-14-16-11-18(2)17-14/h4-7,11,15H,3,8-10H2,1-2H3. The van der Waals surface area contributed by atoms with Gasteiger partial charge in [0.2, 0.25) is 0 Å². The summed E-state index contributed by atoms with van der Waals surface area (Å²) in [5.74, 6) is 1.80. The van der Waals surface area contributed by atoms with Crippen LogP contribution < -0.4 is 10.1 Å². The Labute approximate surface area is 113 Å². The zero-order valence-corrected chi connectivity index (χ0v) is 11.5. The van der Waals surface area contributed by atoms with Gasteiger partial charge in [-0.3, -0.25) is 4.68 Å². The van der Waals surface area contributed by atoms with Crippen molar-refractivity contribution in [3.05, 3.63) is 42.0 Å². The Hall–Kier alpha value is -1.88. The lowest BCUT2D eigenvalue weighted by Gasteiger charge is -2.06. The van der Waals surface area contributed by atoms with Gasteiger partial charge >= 0.3 is 0 Å². The normalized spacial score (nSPS) is 10.6. The predicted molar refractivity (Wildman–Crippen MR) is 74.0 cm³/mol. The smallest absolute Gasteiger partial charge is 0.151 e. The summed E-state index contributed by atoms with van der Waals surface area (Å²) >= 11 is 0. The van der Waals surface area contributed by atoms with Crippen molar-refractivity contribution >= 4 is 0 Å². The van der Waals surface area contributed by atoms with Crippen molar-refractivity contribution in [2.45, 2.75) is 19.9 Å². The van der Waals surface area contributed by atoms with Gasteiger partial charge < -0.3 is 10.1 Å². The van der Waals surface area contributed by atoms with Crippen LogP contribution >= 0.6 is 0 Å². The molecule has 1 aromatic heterocycles. The van der Waals surface area contributed by atoms with E-state index >= 15 is 0 Å². The van der Waals surface area contributed by atoms with Crippen LogP contribution in [0.4, 0.5) is 0 Å². The van der Waals surface area contributed by atoms with E-state index < -0.39 is 0 Å². The van der Waals surface area contributed by atoms with Crippen LogP contribution in [0.25, 0.3) is 0 Å². The topological polar surface area (TPSA) is 52.0 Å². The third-order valence-corrected chi connectivity index (χ3v) is 2.74. The van der Waals surface area contributed by atoms with Gasteiger partial charge in [0.05, 0.1) is 6.61 Å². The molecule has 1 aromatic carbocycles. The van der Waals surface area contributed by atoms with Gasteiger partial charge in [-0.05, 0) is 24.6 Å². The molecule has 0 spiro atoms. The van der Waals surface area contributed by atoms with Crippen molar-refractivity contribution in [3.8, 4) is 5.75 Å². The zero-order chi connectivity index (χ0) is 13.5. The fraction of sp³-hybridized carbons (Fsp3) is 0.429. The van der Waals surface area contributed by atoms with Crippen molar-refractivity contribution in [2.75, 3.05) is 13.2 Å². The summed E-state index contributed by atoms with van der Waals surface area (Å²) in [5.41, 5.74) is 1.25. The van der Waals surface area contributed by atoms with E-state index in [0.717, 1.165) is 31.1 Å². The monoisotopic (exact) mass is 260 g/mol. The average molecular weight is 260 g/mol. The minimum atomic E-state index is 0.703. The van der Waals surface area contributed by atoms with E-state index in [1.54, 1.807) is 11.0 Å². The van der Waals surface area contributed by atoms with Crippen LogP contribution in [-0.2, 0) is 20.0 Å². The number of nitrogens with zero attached hydrogens (tertiary/aromatic N) is 3. The highest BCUT2D eigenvalue weighted by molar-refractivity contribution is 5.27. The fourth-order valence-corrected chi connectivity index (χ4v) is 1.80. The first-order chi connectivity index (χ1) is 9.28. The largest absolute Gasteiger partial charge is 0.494 e. The van der Waals surface area contributed by atoms with E-state index in [9.17, 15) is 0 Å². The van der Waals surface area contributed by atoms with E-state index in [1.165, 1.54) is 5.56 Å². The number of hydrogen-bond acceptors (Lipinski definition) is 4. The predicted octanol–water partition coefficient (Wildman–Crippen LogP) is 1.55. The van der Waals surface area contributed by atoms with Crippen LogP contribution in [0.1, 0.15) is 18.3 Å². The summed E-state index contributed by atoms with van der Waals surface area (Å²) in [6.07, 6.45) is 2.57. The van der Waals surface area contributed by atoms with Gasteiger partial charge in [0.25, 0.3) is 0 Å². The van der Waals surface area contributed by atoms with Gasteiger partial charge in [-0.1, -0.05) is 12.1 Å². The lowest BCUT2D eigenvalue weighted by atomic mass is 10.2. The molecule has 0 radical (unpaired) electrons. The van der Waals surface area contributed by atoms with Crippen molar-refractivity contribution in [1.82, 2.24) is 20.1 Å². The second kappa shape index (κ2) is 6.89. The van der Waals surface area contributed by atoms with Crippen LogP contribution in [0.3, 0.4) is 0 Å². The maximum absolute atomic E-state index is 5.41. The highest BCUT2D eigenvalue weighted by atomic mass is 16.5. The molecule has 0 unspecified atom stereocenters. The first-order valence-corrected chi connectivity index (χ1v) is 6.55. The highest BCUT2D eigenvalue weighted by Crippen LogP contribution is 2.11. The van der Waals surface area contributed by atoms with E-state index in [0.29, 0.717) is 6.61 Å². The van der Waals surface area contributed by atoms with E-state index in [2.05, 4.69) is 27.5 Å². The average Bonchev–Trinajstić information content (AvgIpc) is 2.83.